The smallest absolute Gasteiger partial charge is 0.227 e. The highest BCUT2D eigenvalue weighted by Gasteiger charge is 2.22. The Balaban J connectivity index is 1.44. The Morgan fingerprint density at radius 1 is 1.04 bits per heavy atom. The highest BCUT2D eigenvalue weighted by atomic mass is 16.5. The number of anilines is 3. The molecule has 0 atom stereocenters. The molecule has 4 rings (SSSR count). The fourth-order valence-electron chi connectivity index (χ4n) is 3.54. The van der Waals surface area contributed by atoms with Crippen molar-refractivity contribution in [3.05, 3.63) is 54.1 Å². The predicted molar refractivity (Wildman–Crippen MR) is 95.8 cm³/mol. The Morgan fingerprint density at radius 3 is 2.58 bits per heavy atom. The minimum Gasteiger partial charge on any atom is -0.381 e. The highest BCUT2D eigenvalue weighted by Crippen LogP contribution is 2.34. The van der Waals surface area contributed by atoms with Gasteiger partial charge in [0.05, 0.1) is 0 Å². The van der Waals surface area contributed by atoms with Gasteiger partial charge in [-0.05, 0) is 55.2 Å². The lowest BCUT2D eigenvalue weighted by Crippen LogP contribution is -2.28. The molecule has 1 N–H and O–H groups in total. The van der Waals surface area contributed by atoms with Gasteiger partial charge in [0, 0.05) is 42.7 Å². The normalized spacial score (nSPS) is 17.6. The Hall–Kier alpha value is -2.33. The summed E-state index contributed by atoms with van der Waals surface area (Å²) < 4.78 is 5.32. The summed E-state index contributed by atoms with van der Waals surface area (Å²) in [6.45, 7) is 2.38. The first-order valence-electron chi connectivity index (χ1n) is 8.65. The molecule has 0 unspecified atom stereocenters. The van der Waals surface area contributed by atoms with Gasteiger partial charge in [-0.25, -0.2) is 0 Å². The van der Waals surface area contributed by atoms with E-state index in [0.717, 1.165) is 31.5 Å². The van der Waals surface area contributed by atoms with Gasteiger partial charge in [-0.3, -0.25) is 4.79 Å². The Labute approximate surface area is 142 Å². The van der Waals surface area contributed by atoms with Crippen LogP contribution >= 0.6 is 0 Å². The topological polar surface area (TPSA) is 41.6 Å². The van der Waals surface area contributed by atoms with Gasteiger partial charge in [0.1, 0.15) is 0 Å². The third-order valence-corrected chi connectivity index (χ3v) is 4.93. The fourth-order valence-corrected chi connectivity index (χ4v) is 3.54. The maximum Gasteiger partial charge on any atom is 0.227 e. The largest absolute Gasteiger partial charge is 0.381 e. The Bertz CT molecular complexity index is 721. The number of nitrogens with zero attached hydrogens (tertiary/aromatic N) is 1. The van der Waals surface area contributed by atoms with Gasteiger partial charge in [0.2, 0.25) is 5.91 Å². The number of carbonyl (C=O) groups is 1. The number of hydrogen-bond donors (Lipinski definition) is 1. The average molecular weight is 322 g/mol. The van der Waals surface area contributed by atoms with Crippen LogP contribution in [-0.2, 0) is 16.0 Å². The second-order valence-electron chi connectivity index (χ2n) is 6.45. The molecule has 0 bridgehead atoms. The number of nitrogens with one attached hydrogen (secondary N) is 1. The summed E-state index contributed by atoms with van der Waals surface area (Å²) in [5, 5.41) is 3.04. The van der Waals surface area contributed by atoms with E-state index in [1.54, 1.807) is 0 Å². The molecule has 2 aromatic rings. The SMILES string of the molecule is O=C(Nc1ccc(N2CCc3ccccc32)cc1)C1CCOCC1. The number of carbonyl (C=O) groups excluding carboxylic acids is 1. The van der Waals surface area contributed by atoms with E-state index in [2.05, 4.69) is 46.6 Å². The monoisotopic (exact) mass is 322 g/mol. The first-order chi connectivity index (χ1) is 11.8. The summed E-state index contributed by atoms with van der Waals surface area (Å²) >= 11 is 0. The molecule has 0 radical (unpaired) electrons. The van der Waals surface area contributed by atoms with Gasteiger partial charge in [0.25, 0.3) is 0 Å². The van der Waals surface area contributed by atoms with E-state index in [1.165, 1.54) is 16.9 Å². The summed E-state index contributed by atoms with van der Waals surface area (Å²) in [6, 6.07) is 16.7. The molecule has 4 heteroatoms. The van der Waals surface area contributed by atoms with Gasteiger partial charge in [-0.15, -0.1) is 0 Å². The zero-order chi connectivity index (χ0) is 16.4. The fraction of sp³-hybridized carbons (Fsp3) is 0.350. The molecule has 2 aromatic carbocycles. The zero-order valence-corrected chi connectivity index (χ0v) is 13.7. The summed E-state index contributed by atoms with van der Waals surface area (Å²) in [7, 11) is 0. The van der Waals surface area contributed by atoms with Crippen LogP contribution in [0.25, 0.3) is 0 Å². The van der Waals surface area contributed by atoms with Crippen molar-refractivity contribution >= 4 is 23.0 Å². The Morgan fingerprint density at radius 2 is 1.79 bits per heavy atom. The molecule has 2 aliphatic rings. The standard InChI is InChI=1S/C20H22N2O2/c23-20(16-10-13-24-14-11-16)21-17-5-7-18(8-6-17)22-12-9-15-3-1-2-4-19(15)22/h1-8,16H,9-14H2,(H,21,23). The summed E-state index contributed by atoms with van der Waals surface area (Å²) in [6.07, 6.45) is 2.71. The number of amides is 1. The van der Waals surface area contributed by atoms with Gasteiger partial charge in [-0.1, -0.05) is 18.2 Å². The lowest BCUT2D eigenvalue weighted by atomic mass is 9.99. The second kappa shape index (κ2) is 6.65. The van der Waals surface area contributed by atoms with Gasteiger partial charge in [0.15, 0.2) is 0 Å². The maximum absolute atomic E-state index is 12.3. The second-order valence-corrected chi connectivity index (χ2v) is 6.45. The molecule has 1 amide bonds. The van der Waals surface area contributed by atoms with Crippen molar-refractivity contribution in [2.45, 2.75) is 19.3 Å². The van der Waals surface area contributed by atoms with E-state index in [4.69, 9.17) is 4.74 Å². The van der Waals surface area contributed by atoms with Crippen LogP contribution in [0.5, 0.6) is 0 Å². The molecule has 24 heavy (non-hydrogen) atoms. The van der Waals surface area contributed by atoms with E-state index in [9.17, 15) is 4.79 Å². The molecule has 2 heterocycles. The van der Waals surface area contributed by atoms with Crippen LogP contribution in [-0.4, -0.2) is 25.7 Å². The van der Waals surface area contributed by atoms with E-state index < -0.39 is 0 Å². The van der Waals surface area contributed by atoms with Crippen molar-refractivity contribution in [1.82, 2.24) is 0 Å². The van der Waals surface area contributed by atoms with Crippen molar-refractivity contribution in [3.63, 3.8) is 0 Å². The predicted octanol–water partition coefficient (Wildman–Crippen LogP) is 3.75. The zero-order valence-electron chi connectivity index (χ0n) is 13.7. The van der Waals surface area contributed by atoms with Crippen molar-refractivity contribution < 1.29 is 9.53 Å². The molecule has 0 aromatic heterocycles. The Kier molecular flexibility index (Phi) is 4.22. The first kappa shape index (κ1) is 15.2. The van der Waals surface area contributed by atoms with Crippen molar-refractivity contribution in [1.29, 1.82) is 0 Å². The molecule has 1 fully saturated rings. The average Bonchev–Trinajstić information content (AvgIpc) is 3.07. The highest BCUT2D eigenvalue weighted by molar-refractivity contribution is 5.92. The first-order valence-corrected chi connectivity index (χ1v) is 8.65. The van der Waals surface area contributed by atoms with E-state index in [0.29, 0.717) is 13.2 Å². The number of benzene rings is 2. The molecule has 0 spiro atoms. The summed E-state index contributed by atoms with van der Waals surface area (Å²) in [4.78, 5) is 14.6. The quantitative estimate of drug-likeness (QED) is 0.936. The molecule has 0 aliphatic carbocycles. The minimum atomic E-state index is 0.0730. The lowest BCUT2D eigenvalue weighted by Gasteiger charge is -2.22. The molecule has 4 nitrogen and oxygen atoms in total. The van der Waals surface area contributed by atoms with Crippen molar-refractivity contribution in [2.24, 2.45) is 5.92 Å². The molecule has 2 aliphatic heterocycles. The lowest BCUT2D eigenvalue weighted by molar-refractivity contribution is -0.122. The van der Waals surface area contributed by atoms with Crippen molar-refractivity contribution in [3.8, 4) is 0 Å². The molecular weight excluding hydrogens is 300 g/mol. The summed E-state index contributed by atoms with van der Waals surface area (Å²) in [5.74, 6) is 0.182. The molecule has 1 saturated heterocycles. The van der Waals surface area contributed by atoms with E-state index in [-0.39, 0.29) is 11.8 Å². The molecule has 124 valence electrons. The van der Waals surface area contributed by atoms with Crippen LogP contribution < -0.4 is 10.2 Å². The number of ether oxygens (including phenoxy) is 1. The van der Waals surface area contributed by atoms with Crippen LogP contribution in [0, 0.1) is 5.92 Å². The number of hydrogen-bond acceptors (Lipinski definition) is 3. The van der Waals surface area contributed by atoms with E-state index >= 15 is 0 Å². The van der Waals surface area contributed by atoms with Gasteiger partial charge < -0.3 is 15.0 Å². The van der Waals surface area contributed by atoms with E-state index in [1.807, 2.05) is 12.1 Å². The third kappa shape index (κ3) is 3.02. The van der Waals surface area contributed by atoms with Crippen LogP contribution in [0.1, 0.15) is 18.4 Å². The molecule has 0 saturated carbocycles. The van der Waals surface area contributed by atoms with Gasteiger partial charge in [-0.2, -0.15) is 0 Å². The van der Waals surface area contributed by atoms with Crippen LogP contribution in [0.2, 0.25) is 0 Å². The van der Waals surface area contributed by atoms with Crippen LogP contribution in [0.4, 0.5) is 17.1 Å². The number of para-hydroxylation sites is 1. The molecular formula is C20H22N2O2. The number of fused-ring (bicyclic) bond motifs is 1. The van der Waals surface area contributed by atoms with Crippen LogP contribution in [0.15, 0.2) is 48.5 Å². The van der Waals surface area contributed by atoms with Crippen molar-refractivity contribution in [2.75, 3.05) is 30.0 Å². The summed E-state index contributed by atoms with van der Waals surface area (Å²) in [5.41, 5.74) is 4.72. The third-order valence-electron chi connectivity index (χ3n) is 4.93. The van der Waals surface area contributed by atoms with Gasteiger partial charge >= 0.3 is 0 Å². The minimum absolute atomic E-state index is 0.0730. The number of rotatable bonds is 3. The maximum atomic E-state index is 12.3. The van der Waals surface area contributed by atoms with Crippen LogP contribution in [0.3, 0.4) is 0 Å².